The lowest BCUT2D eigenvalue weighted by atomic mass is 9.92. The molecule has 0 saturated carbocycles. The third-order valence-electron chi connectivity index (χ3n) is 4.16. The first-order chi connectivity index (χ1) is 11.5. The monoisotopic (exact) mass is 364 g/mol. The molecule has 2 aromatic rings. The summed E-state index contributed by atoms with van der Waals surface area (Å²) in [5, 5.41) is 1.95. The Morgan fingerprint density at radius 2 is 1.96 bits per heavy atom. The minimum absolute atomic E-state index is 0.192. The van der Waals surface area contributed by atoms with Gasteiger partial charge < -0.3 is 4.90 Å². The highest BCUT2D eigenvalue weighted by Gasteiger charge is 2.25. The van der Waals surface area contributed by atoms with Gasteiger partial charge in [0, 0.05) is 24.0 Å². The van der Waals surface area contributed by atoms with Gasteiger partial charge >= 0.3 is 0 Å². The van der Waals surface area contributed by atoms with Gasteiger partial charge in [-0.2, -0.15) is 0 Å². The molecule has 1 aliphatic rings. The number of benzene rings is 1. The Morgan fingerprint density at radius 1 is 1.29 bits per heavy atom. The van der Waals surface area contributed by atoms with Crippen molar-refractivity contribution in [3.8, 4) is 11.3 Å². The first-order valence-electron chi connectivity index (χ1n) is 8.13. The molecule has 1 amide bonds. The second-order valence-corrected chi connectivity index (χ2v) is 8.62. The molecule has 2 atom stereocenters. The van der Waals surface area contributed by atoms with E-state index in [0.717, 1.165) is 28.7 Å². The van der Waals surface area contributed by atoms with Crippen molar-refractivity contribution in [2.45, 2.75) is 24.6 Å². The molecule has 0 bridgehead atoms. The predicted molar refractivity (Wildman–Crippen MR) is 97.8 cm³/mol. The van der Waals surface area contributed by atoms with E-state index in [2.05, 4.69) is 18.8 Å². The molecule has 0 aliphatic carbocycles. The van der Waals surface area contributed by atoms with Crippen molar-refractivity contribution in [1.82, 2.24) is 9.88 Å². The van der Waals surface area contributed by atoms with E-state index < -0.39 is 0 Å². The van der Waals surface area contributed by atoms with Crippen LogP contribution in [0.25, 0.3) is 11.3 Å². The van der Waals surface area contributed by atoms with Gasteiger partial charge in [-0.25, -0.2) is 9.37 Å². The highest BCUT2D eigenvalue weighted by Crippen LogP contribution is 2.29. The number of likely N-dealkylation sites (tertiary alicyclic amines) is 1. The minimum atomic E-state index is -0.251. The average Bonchev–Trinajstić information content (AvgIpc) is 3.01. The Morgan fingerprint density at radius 3 is 2.62 bits per heavy atom. The highest BCUT2D eigenvalue weighted by atomic mass is 32.2. The van der Waals surface area contributed by atoms with Crippen molar-refractivity contribution >= 4 is 29.0 Å². The zero-order valence-electron chi connectivity index (χ0n) is 13.9. The molecule has 24 heavy (non-hydrogen) atoms. The number of hydrogen-bond acceptors (Lipinski definition) is 4. The van der Waals surface area contributed by atoms with Crippen molar-refractivity contribution in [3.63, 3.8) is 0 Å². The largest absolute Gasteiger partial charge is 0.341 e. The van der Waals surface area contributed by atoms with E-state index in [1.54, 1.807) is 12.1 Å². The van der Waals surface area contributed by atoms with Crippen LogP contribution in [0.15, 0.2) is 34.0 Å². The van der Waals surface area contributed by atoms with E-state index in [1.807, 2.05) is 10.3 Å². The second-order valence-electron chi connectivity index (χ2n) is 6.54. The lowest BCUT2D eigenvalue weighted by molar-refractivity contribution is -0.130. The van der Waals surface area contributed by atoms with Gasteiger partial charge in [0.2, 0.25) is 5.91 Å². The maximum atomic E-state index is 13.0. The van der Waals surface area contributed by atoms with E-state index in [4.69, 9.17) is 0 Å². The predicted octanol–water partition coefficient (Wildman–Crippen LogP) is 4.55. The molecule has 3 rings (SSSR count). The van der Waals surface area contributed by atoms with Gasteiger partial charge in [0.25, 0.3) is 0 Å². The molecule has 6 heteroatoms. The van der Waals surface area contributed by atoms with Gasteiger partial charge in [-0.05, 0) is 42.5 Å². The molecule has 0 unspecified atom stereocenters. The Labute approximate surface area is 150 Å². The molecule has 0 spiro atoms. The number of halogens is 1. The Kier molecular flexibility index (Phi) is 5.56. The Bertz CT molecular complexity index is 691. The van der Waals surface area contributed by atoms with Crippen molar-refractivity contribution in [3.05, 3.63) is 35.5 Å². The van der Waals surface area contributed by atoms with Crippen LogP contribution in [0, 0.1) is 17.7 Å². The van der Waals surface area contributed by atoms with E-state index in [1.165, 1.54) is 41.7 Å². The summed E-state index contributed by atoms with van der Waals surface area (Å²) < 4.78 is 13.9. The smallest absolute Gasteiger partial charge is 0.233 e. The SMILES string of the molecule is C[C@H]1C[C@H](C)CN(C(=O)CSc2nc(-c3ccc(F)cc3)cs2)C1. The molecule has 0 N–H and O–H groups in total. The van der Waals surface area contributed by atoms with Gasteiger partial charge in [0.05, 0.1) is 11.4 Å². The van der Waals surface area contributed by atoms with Crippen molar-refractivity contribution < 1.29 is 9.18 Å². The van der Waals surface area contributed by atoms with Crippen LogP contribution in [0.3, 0.4) is 0 Å². The molecule has 1 aromatic carbocycles. The summed E-state index contributed by atoms with van der Waals surface area (Å²) in [6.45, 7) is 6.14. The zero-order chi connectivity index (χ0) is 17.1. The molecule has 1 fully saturated rings. The lowest BCUT2D eigenvalue weighted by Crippen LogP contribution is -2.43. The van der Waals surface area contributed by atoms with Crippen LogP contribution in [0.2, 0.25) is 0 Å². The molecule has 0 radical (unpaired) electrons. The average molecular weight is 365 g/mol. The fourth-order valence-corrected chi connectivity index (χ4v) is 4.90. The molecule has 1 aliphatic heterocycles. The van der Waals surface area contributed by atoms with Crippen molar-refractivity contribution in [1.29, 1.82) is 0 Å². The number of aromatic nitrogens is 1. The number of amides is 1. The van der Waals surface area contributed by atoms with E-state index in [9.17, 15) is 9.18 Å². The number of carbonyl (C=O) groups is 1. The van der Waals surface area contributed by atoms with Gasteiger partial charge in [-0.1, -0.05) is 25.6 Å². The van der Waals surface area contributed by atoms with Gasteiger partial charge in [-0.15, -0.1) is 11.3 Å². The number of rotatable bonds is 4. The van der Waals surface area contributed by atoms with Gasteiger partial charge in [-0.3, -0.25) is 4.79 Å². The Balaban J connectivity index is 1.57. The standard InChI is InChI=1S/C18H21FN2OS2/c1-12-7-13(2)9-21(8-12)17(22)11-24-18-20-16(10-23-18)14-3-5-15(19)6-4-14/h3-6,10,12-13H,7-9,11H2,1-2H3/t12-,13-/m0/s1. The van der Waals surface area contributed by atoms with Gasteiger partial charge in [0.15, 0.2) is 4.34 Å². The van der Waals surface area contributed by atoms with Crippen LogP contribution >= 0.6 is 23.1 Å². The summed E-state index contributed by atoms with van der Waals surface area (Å²) >= 11 is 3.01. The Hall–Kier alpha value is -1.40. The summed E-state index contributed by atoms with van der Waals surface area (Å²) in [4.78, 5) is 18.9. The molecule has 2 heterocycles. The maximum absolute atomic E-state index is 13.0. The van der Waals surface area contributed by atoms with Crippen LogP contribution in [0.5, 0.6) is 0 Å². The third kappa shape index (κ3) is 4.36. The first-order valence-corrected chi connectivity index (χ1v) is 10.00. The summed E-state index contributed by atoms with van der Waals surface area (Å²) in [5.41, 5.74) is 1.72. The van der Waals surface area contributed by atoms with Crippen LogP contribution in [0.1, 0.15) is 20.3 Å². The number of thiazole rings is 1. The summed E-state index contributed by atoms with van der Waals surface area (Å²) in [6, 6.07) is 6.31. The molecule has 1 aromatic heterocycles. The first kappa shape index (κ1) is 17.4. The van der Waals surface area contributed by atoms with Crippen LogP contribution in [-0.4, -0.2) is 34.6 Å². The second kappa shape index (κ2) is 7.66. The molecular formula is C18H21FN2OS2. The fourth-order valence-electron chi connectivity index (χ4n) is 3.16. The molecular weight excluding hydrogens is 343 g/mol. The number of hydrogen-bond donors (Lipinski definition) is 0. The van der Waals surface area contributed by atoms with Crippen molar-refractivity contribution in [2.75, 3.05) is 18.8 Å². The van der Waals surface area contributed by atoms with E-state index in [0.29, 0.717) is 17.6 Å². The number of nitrogens with zero attached hydrogens (tertiary/aromatic N) is 2. The molecule has 128 valence electrons. The van der Waals surface area contributed by atoms with E-state index >= 15 is 0 Å². The normalized spacial score (nSPS) is 21.0. The third-order valence-corrected chi connectivity index (χ3v) is 6.17. The summed E-state index contributed by atoms with van der Waals surface area (Å²) in [7, 11) is 0. The lowest BCUT2D eigenvalue weighted by Gasteiger charge is -2.34. The topological polar surface area (TPSA) is 33.2 Å². The quantitative estimate of drug-likeness (QED) is 0.747. The minimum Gasteiger partial charge on any atom is -0.341 e. The molecule has 1 saturated heterocycles. The summed E-state index contributed by atoms with van der Waals surface area (Å²) in [6.07, 6.45) is 1.20. The summed E-state index contributed by atoms with van der Waals surface area (Å²) in [5.74, 6) is 1.52. The highest BCUT2D eigenvalue weighted by molar-refractivity contribution is 8.01. The fraction of sp³-hybridized carbons (Fsp3) is 0.444. The van der Waals surface area contributed by atoms with E-state index in [-0.39, 0.29) is 11.7 Å². The van der Waals surface area contributed by atoms with Crippen LogP contribution in [0.4, 0.5) is 4.39 Å². The molecule has 3 nitrogen and oxygen atoms in total. The van der Waals surface area contributed by atoms with Crippen molar-refractivity contribution in [2.24, 2.45) is 11.8 Å². The van der Waals surface area contributed by atoms with Crippen LogP contribution in [-0.2, 0) is 4.79 Å². The number of carbonyl (C=O) groups excluding carboxylic acids is 1. The van der Waals surface area contributed by atoms with Gasteiger partial charge in [0.1, 0.15) is 5.82 Å². The number of thioether (sulfide) groups is 1. The number of piperidine rings is 1. The maximum Gasteiger partial charge on any atom is 0.233 e. The zero-order valence-corrected chi connectivity index (χ0v) is 15.5. The van der Waals surface area contributed by atoms with Crippen LogP contribution < -0.4 is 0 Å².